The fourth-order valence-corrected chi connectivity index (χ4v) is 2.26. The fraction of sp³-hybridized carbons (Fsp3) is 0.333. The molecule has 0 fully saturated rings. The van der Waals surface area contributed by atoms with Crippen molar-refractivity contribution >= 4 is 20.4 Å². The molecule has 9 heteroatoms. The number of hydrogen-bond acceptors (Lipinski definition) is 5. The number of rotatable bonds is 2. The Labute approximate surface area is 87.5 Å². The molecule has 1 rings (SSSR count). The molecule has 0 saturated carbocycles. The molecular formula is C6H9NO6S2. The Bertz CT molecular complexity index is 528. The molecule has 0 aromatic heterocycles. The monoisotopic (exact) mass is 255 g/mol. The van der Waals surface area contributed by atoms with E-state index in [-0.39, 0.29) is 6.54 Å². The molecule has 1 aliphatic rings. The first kappa shape index (κ1) is 12.3. The molecule has 7 nitrogen and oxygen atoms in total. The minimum Gasteiger partial charge on any atom is -0.701 e. The van der Waals surface area contributed by atoms with Gasteiger partial charge < -0.3 is 4.55 Å². The normalized spacial score (nSPS) is 27.5. The van der Waals surface area contributed by atoms with E-state index in [1.165, 1.54) is 6.08 Å². The molecule has 0 bridgehead atoms. The third-order valence-electron chi connectivity index (χ3n) is 1.96. The van der Waals surface area contributed by atoms with Crippen molar-refractivity contribution in [2.24, 2.45) is 0 Å². The van der Waals surface area contributed by atoms with E-state index in [9.17, 15) is 21.4 Å². The lowest BCUT2D eigenvalue weighted by molar-refractivity contribution is -0.727. The largest absolute Gasteiger partial charge is 0.701 e. The summed E-state index contributed by atoms with van der Waals surface area (Å²) in [6.45, 7) is -0.176. The minimum atomic E-state index is -4.73. The second-order valence-electron chi connectivity index (χ2n) is 3.19. The minimum absolute atomic E-state index is 0.176. The predicted molar refractivity (Wildman–Crippen MR) is 49.5 cm³/mol. The summed E-state index contributed by atoms with van der Waals surface area (Å²) in [6.07, 6.45) is 2.93. The van der Waals surface area contributed by atoms with Crippen molar-refractivity contribution < 1.29 is 29.8 Å². The van der Waals surface area contributed by atoms with Crippen molar-refractivity contribution in [1.29, 1.82) is 0 Å². The van der Waals surface area contributed by atoms with Crippen molar-refractivity contribution in [3.05, 3.63) is 23.3 Å². The van der Waals surface area contributed by atoms with Crippen LogP contribution in [0.4, 0.5) is 0 Å². The van der Waals surface area contributed by atoms with Crippen molar-refractivity contribution in [2.45, 2.75) is 0 Å². The Morgan fingerprint density at radius 3 is 2.33 bits per heavy atom. The lowest BCUT2D eigenvalue weighted by atomic mass is 10.4. The first-order chi connectivity index (χ1) is 6.56. The first-order valence-electron chi connectivity index (χ1n) is 3.74. The molecule has 0 radical (unpaired) electrons. The average Bonchev–Trinajstić information content (AvgIpc) is 2.00. The molecule has 1 aliphatic heterocycles. The van der Waals surface area contributed by atoms with Gasteiger partial charge in [-0.25, -0.2) is 3.89 Å². The molecule has 86 valence electrons. The third-order valence-corrected chi connectivity index (χ3v) is 4.07. The number of nitrogens with zero attached hydrogens (tertiary/aromatic N) is 1. The van der Waals surface area contributed by atoms with E-state index < -0.39 is 29.2 Å². The van der Waals surface area contributed by atoms with Crippen molar-refractivity contribution in [1.82, 2.24) is 0 Å². The summed E-state index contributed by atoms with van der Waals surface area (Å²) < 4.78 is 61.5. The average molecular weight is 255 g/mol. The van der Waals surface area contributed by atoms with Crippen molar-refractivity contribution in [2.75, 3.05) is 13.6 Å². The van der Waals surface area contributed by atoms with Gasteiger partial charge in [0.15, 0.2) is 0 Å². The van der Waals surface area contributed by atoms with Crippen LogP contribution in [-0.4, -0.2) is 43.4 Å². The lowest BCUT2D eigenvalue weighted by Crippen LogP contribution is -2.45. The van der Waals surface area contributed by atoms with E-state index in [2.05, 4.69) is 0 Å². The van der Waals surface area contributed by atoms with Gasteiger partial charge in [-0.15, -0.1) is 0 Å². The Kier molecular flexibility index (Phi) is 2.78. The highest BCUT2D eigenvalue weighted by Crippen LogP contribution is 2.21. The second-order valence-corrected chi connectivity index (χ2v) is 6.30. The quantitative estimate of drug-likeness (QED) is 0.510. The highest BCUT2D eigenvalue weighted by molar-refractivity contribution is 7.90. The van der Waals surface area contributed by atoms with E-state index in [0.29, 0.717) is 6.20 Å². The van der Waals surface area contributed by atoms with Crippen LogP contribution in [-0.2, 0) is 20.4 Å². The van der Waals surface area contributed by atoms with Gasteiger partial charge in [-0.2, -0.15) is 16.8 Å². The van der Waals surface area contributed by atoms with Gasteiger partial charge in [0.25, 0.3) is 20.4 Å². The van der Waals surface area contributed by atoms with Crippen LogP contribution >= 0.6 is 0 Å². The zero-order valence-electron chi connectivity index (χ0n) is 7.69. The molecule has 1 N–H and O–H groups in total. The molecule has 1 heterocycles. The highest BCUT2D eigenvalue weighted by Gasteiger charge is 2.32. The van der Waals surface area contributed by atoms with Crippen LogP contribution in [0.25, 0.3) is 0 Å². The van der Waals surface area contributed by atoms with Crippen LogP contribution < -0.4 is 0 Å². The maximum Gasteiger partial charge on any atom is 0.299 e. The highest BCUT2D eigenvalue weighted by atomic mass is 32.2. The summed E-state index contributed by atoms with van der Waals surface area (Å²) in [5.74, 6) is 0. The Morgan fingerprint density at radius 2 is 1.93 bits per heavy atom. The maximum atomic E-state index is 10.8. The number of hydrogen-bond donors (Lipinski definition) is 1. The van der Waals surface area contributed by atoms with Gasteiger partial charge in [-0.05, 0) is 12.2 Å². The van der Waals surface area contributed by atoms with Crippen LogP contribution in [0.2, 0.25) is 0 Å². The predicted octanol–water partition coefficient (Wildman–Crippen LogP) is -0.808. The van der Waals surface area contributed by atoms with Crippen LogP contribution in [0.3, 0.4) is 0 Å². The molecule has 0 aliphatic carbocycles. The standard InChI is InChI=1S/C6H9NO6S2/c1-7(15(11,12)13)4-2-3-6(5-7)14(8,9)10/h2-3,5H,4H2,1H3,(H-,8,9,10,11,12,13). The van der Waals surface area contributed by atoms with E-state index >= 15 is 0 Å². The van der Waals surface area contributed by atoms with Crippen molar-refractivity contribution in [3.8, 4) is 0 Å². The van der Waals surface area contributed by atoms with E-state index in [0.717, 1.165) is 13.1 Å². The Morgan fingerprint density at radius 1 is 1.40 bits per heavy atom. The lowest BCUT2D eigenvalue weighted by Gasteiger charge is -2.32. The first-order valence-corrected chi connectivity index (χ1v) is 6.55. The Hall–Kier alpha value is -0.740. The molecule has 15 heavy (non-hydrogen) atoms. The van der Waals surface area contributed by atoms with Gasteiger partial charge in [0.05, 0.1) is 7.05 Å². The van der Waals surface area contributed by atoms with Gasteiger partial charge in [0.1, 0.15) is 17.6 Å². The van der Waals surface area contributed by atoms with Crippen LogP contribution in [0.5, 0.6) is 0 Å². The van der Waals surface area contributed by atoms with E-state index in [1.807, 2.05) is 0 Å². The van der Waals surface area contributed by atoms with Crippen LogP contribution in [0.1, 0.15) is 0 Å². The summed E-state index contributed by atoms with van der Waals surface area (Å²) in [7, 11) is -8.20. The number of likely N-dealkylation sites (N-methyl/N-ethyl adjacent to an activating group) is 1. The van der Waals surface area contributed by atoms with Gasteiger partial charge >= 0.3 is 0 Å². The molecule has 0 amide bonds. The molecular weight excluding hydrogens is 246 g/mol. The fourth-order valence-electron chi connectivity index (χ4n) is 1.05. The maximum absolute atomic E-state index is 10.8. The second kappa shape index (κ2) is 3.39. The zero-order valence-corrected chi connectivity index (χ0v) is 9.32. The molecule has 0 aromatic rings. The summed E-state index contributed by atoms with van der Waals surface area (Å²) in [5, 5.41) is 0. The number of allylic oxidation sites excluding steroid dienone is 1. The summed E-state index contributed by atoms with van der Waals surface area (Å²) in [4.78, 5) is -0.601. The molecule has 1 atom stereocenters. The number of quaternary nitrogens is 1. The topological polar surface area (TPSA) is 112 Å². The summed E-state index contributed by atoms with van der Waals surface area (Å²) in [6, 6.07) is 0. The SMILES string of the molecule is C[N+]1(S(=O)(=O)[O-])C=C(S(=O)(=O)O)C=CC1. The zero-order chi connectivity index (χ0) is 11.9. The molecule has 0 saturated heterocycles. The summed E-state index contributed by atoms with van der Waals surface area (Å²) in [5.41, 5.74) is 0. The third kappa shape index (κ3) is 2.44. The van der Waals surface area contributed by atoms with Gasteiger partial charge in [0.2, 0.25) is 0 Å². The van der Waals surface area contributed by atoms with Gasteiger partial charge in [0, 0.05) is 0 Å². The van der Waals surface area contributed by atoms with Crippen molar-refractivity contribution in [3.63, 3.8) is 0 Å². The van der Waals surface area contributed by atoms with Gasteiger partial charge in [-0.3, -0.25) is 4.55 Å². The van der Waals surface area contributed by atoms with Crippen LogP contribution in [0, 0.1) is 0 Å². The van der Waals surface area contributed by atoms with Gasteiger partial charge in [-0.1, -0.05) is 0 Å². The van der Waals surface area contributed by atoms with E-state index in [4.69, 9.17) is 4.55 Å². The molecule has 0 aromatic carbocycles. The van der Waals surface area contributed by atoms with Crippen LogP contribution in [0.15, 0.2) is 23.3 Å². The molecule has 1 unspecified atom stereocenters. The smallest absolute Gasteiger partial charge is 0.299 e. The molecule has 0 spiro atoms. The van der Waals surface area contributed by atoms with E-state index in [1.54, 1.807) is 0 Å². The summed E-state index contributed by atoms with van der Waals surface area (Å²) >= 11 is 0. The Balaban J connectivity index is 3.34.